The highest BCUT2D eigenvalue weighted by Gasteiger charge is 2.43. The predicted octanol–water partition coefficient (Wildman–Crippen LogP) is 4.59. The Morgan fingerprint density at radius 1 is 1.04 bits per heavy atom. The monoisotopic (exact) mass is 309 g/mol. The van der Waals surface area contributed by atoms with E-state index in [1.54, 1.807) is 0 Å². The topological polar surface area (TPSA) is 37.8 Å². The van der Waals surface area contributed by atoms with Gasteiger partial charge in [-0.3, -0.25) is 9.97 Å². The first-order valence-electron chi connectivity index (χ1n) is 8.91. The molecule has 1 unspecified atom stereocenters. The van der Waals surface area contributed by atoms with Crippen LogP contribution in [0.15, 0.2) is 30.6 Å². The van der Waals surface area contributed by atoms with Crippen molar-refractivity contribution in [2.24, 2.45) is 0 Å². The van der Waals surface area contributed by atoms with Crippen LogP contribution in [0, 0.1) is 6.92 Å². The van der Waals surface area contributed by atoms with Crippen molar-refractivity contribution < 1.29 is 0 Å². The van der Waals surface area contributed by atoms with E-state index in [0.29, 0.717) is 0 Å². The Balaban J connectivity index is 2.13. The second kappa shape index (κ2) is 6.79. The van der Waals surface area contributed by atoms with Crippen LogP contribution in [-0.2, 0) is 5.54 Å². The molecule has 2 aromatic rings. The Morgan fingerprint density at radius 3 is 2.61 bits per heavy atom. The predicted molar refractivity (Wildman–Crippen MR) is 95.4 cm³/mol. The zero-order valence-electron chi connectivity index (χ0n) is 14.5. The normalized spacial score (nSPS) is 18.7. The molecule has 0 bridgehead atoms. The molecule has 1 atom stereocenters. The zero-order chi connectivity index (χ0) is 16.3. The molecule has 3 nitrogen and oxygen atoms in total. The van der Waals surface area contributed by atoms with E-state index in [1.807, 2.05) is 12.4 Å². The molecular weight excluding hydrogens is 282 g/mol. The second-order valence-electron chi connectivity index (χ2n) is 6.60. The summed E-state index contributed by atoms with van der Waals surface area (Å²) in [4.78, 5) is 9.39. The zero-order valence-corrected chi connectivity index (χ0v) is 14.5. The lowest BCUT2D eigenvalue weighted by molar-refractivity contribution is 0.365. The van der Waals surface area contributed by atoms with E-state index < -0.39 is 0 Å². The molecule has 0 aromatic carbocycles. The summed E-state index contributed by atoms with van der Waals surface area (Å²) in [5, 5.41) is 3.89. The quantitative estimate of drug-likeness (QED) is 0.760. The molecule has 23 heavy (non-hydrogen) atoms. The smallest absolute Gasteiger partial charge is 0.0944 e. The van der Waals surface area contributed by atoms with Gasteiger partial charge in [-0.2, -0.15) is 0 Å². The van der Waals surface area contributed by atoms with Gasteiger partial charge in [-0.25, -0.2) is 0 Å². The molecule has 1 aliphatic rings. The van der Waals surface area contributed by atoms with Crippen molar-refractivity contribution in [3.05, 3.63) is 47.3 Å². The fourth-order valence-electron chi connectivity index (χ4n) is 3.64. The van der Waals surface area contributed by atoms with Crippen LogP contribution >= 0.6 is 0 Å². The third-order valence-corrected chi connectivity index (χ3v) is 4.84. The van der Waals surface area contributed by atoms with E-state index in [2.05, 4.69) is 49.3 Å². The average Bonchev–Trinajstić information content (AvgIpc) is 2.84. The van der Waals surface area contributed by atoms with Crippen molar-refractivity contribution in [3.63, 3.8) is 0 Å². The second-order valence-corrected chi connectivity index (χ2v) is 6.60. The minimum atomic E-state index is -0.122. The first-order valence-corrected chi connectivity index (χ1v) is 8.91. The largest absolute Gasteiger partial charge is 0.304 e. The first kappa shape index (κ1) is 16.1. The molecule has 0 radical (unpaired) electrons. The lowest BCUT2D eigenvalue weighted by atomic mass is 9.83. The van der Waals surface area contributed by atoms with Gasteiger partial charge in [-0.15, -0.1) is 0 Å². The summed E-state index contributed by atoms with van der Waals surface area (Å²) in [6.07, 6.45) is 9.73. The minimum Gasteiger partial charge on any atom is -0.304 e. The van der Waals surface area contributed by atoms with Crippen LogP contribution in [0.4, 0.5) is 0 Å². The van der Waals surface area contributed by atoms with Gasteiger partial charge in [0.15, 0.2) is 0 Å². The maximum absolute atomic E-state index is 4.73. The third-order valence-electron chi connectivity index (χ3n) is 4.84. The number of pyridine rings is 2. The molecular formula is C20H27N3. The van der Waals surface area contributed by atoms with Gasteiger partial charge >= 0.3 is 0 Å². The van der Waals surface area contributed by atoms with Crippen LogP contribution in [0.1, 0.15) is 62.6 Å². The van der Waals surface area contributed by atoms with Gasteiger partial charge in [0, 0.05) is 23.5 Å². The lowest BCUT2D eigenvalue weighted by Gasteiger charge is -2.33. The van der Waals surface area contributed by atoms with Gasteiger partial charge < -0.3 is 5.32 Å². The number of nitrogens with one attached hydrogen (secondary N) is 1. The van der Waals surface area contributed by atoms with E-state index in [9.17, 15) is 0 Å². The maximum atomic E-state index is 4.73. The number of hydrogen-bond donors (Lipinski definition) is 1. The van der Waals surface area contributed by atoms with Gasteiger partial charge in [-0.1, -0.05) is 45.2 Å². The van der Waals surface area contributed by atoms with E-state index in [-0.39, 0.29) is 5.54 Å². The van der Waals surface area contributed by atoms with Gasteiger partial charge in [0.2, 0.25) is 0 Å². The highest BCUT2D eigenvalue weighted by atomic mass is 15.0. The van der Waals surface area contributed by atoms with E-state index in [0.717, 1.165) is 24.4 Å². The van der Waals surface area contributed by atoms with Gasteiger partial charge in [-0.05, 0) is 37.9 Å². The first-order chi connectivity index (χ1) is 11.2. The van der Waals surface area contributed by atoms with Crippen LogP contribution in [0.25, 0.3) is 11.4 Å². The lowest BCUT2D eigenvalue weighted by Crippen LogP contribution is -2.42. The van der Waals surface area contributed by atoms with Crippen molar-refractivity contribution in [3.8, 4) is 11.4 Å². The summed E-state index contributed by atoms with van der Waals surface area (Å²) < 4.78 is 0. The van der Waals surface area contributed by atoms with E-state index in [1.165, 1.54) is 42.4 Å². The Hall–Kier alpha value is -1.74. The average molecular weight is 309 g/mol. The summed E-state index contributed by atoms with van der Waals surface area (Å²) in [5.74, 6) is 0. The minimum absolute atomic E-state index is 0.122. The van der Waals surface area contributed by atoms with Crippen LogP contribution in [-0.4, -0.2) is 16.5 Å². The number of unbranched alkanes of at least 4 members (excludes halogenated alkanes) is 2. The van der Waals surface area contributed by atoms with E-state index >= 15 is 0 Å². The fraction of sp³-hybridized carbons (Fsp3) is 0.500. The summed E-state index contributed by atoms with van der Waals surface area (Å²) in [6.45, 7) is 7.65. The van der Waals surface area contributed by atoms with Gasteiger partial charge in [0.1, 0.15) is 0 Å². The Labute approximate surface area is 139 Å². The summed E-state index contributed by atoms with van der Waals surface area (Å²) >= 11 is 0. The third kappa shape index (κ3) is 2.78. The van der Waals surface area contributed by atoms with Gasteiger partial charge in [0.25, 0.3) is 0 Å². The number of hydrogen-bond acceptors (Lipinski definition) is 3. The molecule has 3 heteroatoms. The molecule has 0 aliphatic heterocycles. The summed E-state index contributed by atoms with van der Waals surface area (Å²) in [6, 6.07) is 6.59. The standard InChI is InChI=1S/C20H27N3/c1-4-6-10-20(23-12-7-5-2)16-9-8-11-21-18(16)19-17(20)13-15(3)14-22-19/h8-9,11,13-14,23H,4-7,10,12H2,1-3H3. The molecule has 0 saturated heterocycles. The molecule has 0 saturated carbocycles. The summed E-state index contributed by atoms with van der Waals surface area (Å²) in [5.41, 5.74) is 5.83. The van der Waals surface area contributed by atoms with Crippen LogP contribution < -0.4 is 5.32 Å². The Kier molecular flexibility index (Phi) is 4.76. The molecule has 2 aromatic heterocycles. The van der Waals surface area contributed by atoms with Crippen molar-refractivity contribution in [2.45, 2.75) is 58.4 Å². The van der Waals surface area contributed by atoms with Gasteiger partial charge in [0.05, 0.1) is 16.9 Å². The number of aryl methyl sites for hydroxylation is 1. The molecule has 0 spiro atoms. The van der Waals surface area contributed by atoms with Crippen LogP contribution in [0.5, 0.6) is 0 Å². The number of fused-ring (bicyclic) bond motifs is 3. The van der Waals surface area contributed by atoms with E-state index in [4.69, 9.17) is 4.98 Å². The molecule has 0 amide bonds. The van der Waals surface area contributed by atoms with Crippen LogP contribution in [0.3, 0.4) is 0 Å². The summed E-state index contributed by atoms with van der Waals surface area (Å²) in [7, 11) is 0. The molecule has 1 aliphatic carbocycles. The SMILES string of the molecule is CCCCNC1(CCCC)c2cccnc2-c2ncc(C)cc21. The maximum Gasteiger partial charge on any atom is 0.0944 e. The molecule has 1 N–H and O–H groups in total. The number of rotatable bonds is 7. The highest BCUT2D eigenvalue weighted by Crippen LogP contribution is 2.48. The molecule has 3 rings (SSSR count). The van der Waals surface area contributed by atoms with Crippen molar-refractivity contribution in [2.75, 3.05) is 6.54 Å². The fourth-order valence-corrected chi connectivity index (χ4v) is 3.64. The Morgan fingerprint density at radius 2 is 1.83 bits per heavy atom. The highest BCUT2D eigenvalue weighted by molar-refractivity contribution is 5.75. The molecule has 122 valence electrons. The molecule has 0 fully saturated rings. The van der Waals surface area contributed by atoms with Crippen molar-refractivity contribution in [1.82, 2.24) is 15.3 Å². The number of aromatic nitrogens is 2. The van der Waals surface area contributed by atoms with Crippen molar-refractivity contribution in [1.29, 1.82) is 0 Å². The number of nitrogens with zero attached hydrogens (tertiary/aromatic N) is 2. The van der Waals surface area contributed by atoms with Crippen LogP contribution in [0.2, 0.25) is 0 Å². The Bertz CT molecular complexity index is 680. The van der Waals surface area contributed by atoms with Crippen molar-refractivity contribution >= 4 is 0 Å². The molecule has 2 heterocycles.